The number of benzene rings is 2. The molecule has 2 aromatic carbocycles. The summed E-state index contributed by atoms with van der Waals surface area (Å²) in [6, 6.07) is 14.4. The number of amides is 1. The van der Waals surface area contributed by atoms with Gasteiger partial charge >= 0.3 is 0 Å². The van der Waals surface area contributed by atoms with Gasteiger partial charge in [0, 0.05) is 16.6 Å². The molecule has 0 fully saturated rings. The van der Waals surface area contributed by atoms with Gasteiger partial charge in [0.2, 0.25) is 0 Å². The molecule has 1 aromatic heterocycles. The van der Waals surface area contributed by atoms with Crippen molar-refractivity contribution < 1.29 is 13.2 Å². The van der Waals surface area contributed by atoms with Crippen molar-refractivity contribution in [2.75, 3.05) is 11.6 Å². The molecule has 1 amide bonds. The van der Waals surface area contributed by atoms with Gasteiger partial charge in [0.15, 0.2) is 9.84 Å². The Morgan fingerprint density at radius 1 is 1.09 bits per heavy atom. The largest absolute Gasteiger partial charge is 0.321 e. The number of aryl methyl sites for hydroxylation is 1. The summed E-state index contributed by atoms with van der Waals surface area (Å²) in [5, 5.41) is 3.88. The number of hydrogen-bond donors (Lipinski definition) is 1. The van der Waals surface area contributed by atoms with E-state index in [2.05, 4.69) is 5.32 Å². The van der Waals surface area contributed by atoms with E-state index in [0.29, 0.717) is 16.1 Å². The Morgan fingerprint density at radius 2 is 1.83 bits per heavy atom. The van der Waals surface area contributed by atoms with Crippen molar-refractivity contribution in [2.24, 2.45) is 0 Å². The monoisotopic (exact) mass is 345 g/mol. The van der Waals surface area contributed by atoms with Crippen molar-refractivity contribution >= 4 is 42.9 Å². The first kappa shape index (κ1) is 15.7. The van der Waals surface area contributed by atoms with Gasteiger partial charge in [-0.25, -0.2) is 8.42 Å². The number of rotatable bonds is 3. The maximum absolute atomic E-state index is 12.4. The summed E-state index contributed by atoms with van der Waals surface area (Å²) >= 11 is 1.43. The minimum Gasteiger partial charge on any atom is -0.321 e. The summed E-state index contributed by atoms with van der Waals surface area (Å²) in [4.78, 5) is 13.3. The molecule has 0 bridgehead atoms. The lowest BCUT2D eigenvalue weighted by molar-refractivity contribution is 0.103. The minimum atomic E-state index is -3.25. The summed E-state index contributed by atoms with van der Waals surface area (Å²) in [6.45, 7) is 1.77. The number of carbonyl (C=O) groups excluding carboxylic acids is 1. The standard InChI is InChI=1S/C17H15NO3S2/c1-11-9-13(23(2,20)21)7-8-14(11)18-17(19)16-10-12-5-3-4-6-15(12)22-16/h3-10H,1-2H3,(H,18,19). The lowest BCUT2D eigenvalue weighted by Crippen LogP contribution is -2.11. The molecule has 3 aromatic rings. The van der Waals surface area contributed by atoms with Crippen LogP contribution >= 0.6 is 11.3 Å². The van der Waals surface area contributed by atoms with Crippen molar-refractivity contribution in [2.45, 2.75) is 11.8 Å². The SMILES string of the molecule is Cc1cc(S(C)(=O)=O)ccc1NC(=O)c1cc2ccccc2s1. The number of sulfone groups is 1. The van der Waals surface area contributed by atoms with Crippen LogP contribution in [0.5, 0.6) is 0 Å². The van der Waals surface area contributed by atoms with Crippen molar-refractivity contribution in [1.82, 2.24) is 0 Å². The van der Waals surface area contributed by atoms with E-state index < -0.39 is 9.84 Å². The predicted octanol–water partition coefficient (Wildman–Crippen LogP) is 3.87. The second kappa shape index (κ2) is 5.79. The summed E-state index contributed by atoms with van der Waals surface area (Å²) in [5.74, 6) is -0.193. The highest BCUT2D eigenvalue weighted by molar-refractivity contribution is 7.90. The molecule has 0 unspecified atom stereocenters. The van der Waals surface area contributed by atoms with Crippen LogP contribution in [0.2, 0.25) is 0 Å². The smallest absolute Gasteiger partial charge is 0.265 e. The third-order valence-electron chi connectivity index (χ3n) is 3.52. The van der Waals surface area contributed by atoms with Gasteiger partial charge in [0.05, 0.1) is 9.77 Å². The molecule has 23 heavy (non-hydrogen) atoms. The van der Waals surface area contributed by atoms with Crippen molar-refractivity contribution in [3.63, 3.8) is 0 Å². The van der Waals surface area contributed by atoms with Crippen molar-refractivity contribution in [3.05, 3.63) is 59.0 Å². The van der Waals surface area contributed by atoms with Crippen LogP contribution in [0.1, 0.15) is 15.2 Å². The Bertz CT molecular complexity index is 971. The fraction of sp³-hybridized carbons (Fsp3) is 0.118. The normalized spacial score (nSPS) is 11.6. The minimum absolute atomic E-state index is 0.193. The third-order valence-corrected chi connectivity index (χ3v) is 5.75. The van der Waals surface area contributed by atoms with Gasteiger partial charge in [0.1, 0.15) is 0 Å². The Labute approximate surface area is 138 Å². The van der Waals surface area contributed by atoms with Gasteiger partial charge in [-0.1, -0.05) is 18.2 Å². The molecule has 1 N–H and O–H groups in total. The van der Waals surface area contributed by atoms with E-state index in [9.17, 15) is 13.2 Å². The first-order valence-corrected chi connectivity index (χ1v) is 9.66. The van der Waals surface area contributed by atoms with Gasteiger partial charge < -0.3 is 5.32 Å². The molecule has 0 atom stereocenters. The lowest BCUT2D eigenvalue weighted by Gasteiger charge is -2.08. The molecular weight excluding hydrogens is 330 g/mol. The fourth-order valence-electron chi connectivity index (χ4n) is 2.28. The topological polar surface area (TPSA) is 63.2 Å². The summed E-state index contributed by atoms with van der Waals surface area (Å²) in [6.07, 6.45) is 1.16. The van der Waals surface area contributed by atoms with Crippen molar-refractivity contribution in [1.29, 1.82) is 0 Å². The molecule has 0 saturated carbocycles. The number of thiophene rings is 1. The second-order valence-corrected chi connectivity index (χ2v) is 8.45. The molecule has 6 heteroatoms. The maximum atomic E-state index is 12.4. The Morgan fingerprint density at radius 3 is 2.48 bits per heavy atom. The molecule has 1 heterocycles. The highest BCUT2D eigenvalue weighted by atomic mass is 32.2. The van der Waals surface area contributed by atoms with Crippen molar-refractivity contribution in [3.8, 4) is 0 Å². The summed E-state index contributed by atoms with van der Waals surface area (Å²) < 4.78 is 24.2. The summed E-state index contributed by atoms with van der Waals surface area (Å²) in [5.41, 5.74) is 1.32. The fourth-order valence-corrected chi connectivity index (χ4v) is 3.95. The van der Waals surface area contributed by atoms with Crippen LogP contribution in [0.3, 0.4) is 0 Å². The Balaban J connectivity index is 1.88. The number of anilines is 1. The van der Waals surface area contributed by atoms with E-state index in [1.807, 2.05) is 30.3 Å². The van der Waals surface area contributed by atoms with E-state index in [4.69, 9.17) is 0 Å². The predicted molar refractivity (Wildman–Crippen MR) is 94.1 cm³/mol. The molecule has 3 rings (SSSR count). The van der Waals surface area contributed by atoms with Crippen LogP contribution in [0.25, 0.3) is 10.1 Å². The quantitative estimate of drug-likeness (QED) is 0.784. The van der Waals surface area contributed by atoms with Gasteiger partial charge in [0.25, 0.3) is 5.91 Å². The Hall–Kier alpha value is -2.18. The molecule has 4 nitrogen and oxygen atoms in total. The number of fused-ring (bicyclic) bond motifs is 1. The summed E-state index contributed by atoms with van der Waals surface area (Å²) in [7, 11) is -3.25. The Kier molecular flexibility index (Phi) is 3.95. The molecule has 0 saturated heterocycles. The van der Waals surface area contributed by atoms with Gasteiger partial charge in [-0.15, -0.1) is 11.3 Å². The van der Waals surface area contributed by atoms with E-state index in [1.165, 1.54) is 17.4 Å². The number of nitrogens with one attached hydrogen (secondary N) is 1. The third kappa shape index (κ3) is 3.28. The average molecular weight is 345 g/mol. The first-order chi connectivity index (χ1) is 10.8. The molecule has 0 aliphatic rings. The molecule has 0 aliphatic heterocycles. The average Bonchev–Trinajstić information content (AvgIpc) is 2.92. The van der Waals surface area contributed by atoms with Gasteiger partial charge in [-0.3, -0.25) is 4.79 Å². The molecule has 0 spiro atoms. The second-order valence-electron chi connectivity index (χ2n) is 5.35. The first-order valence-electron chi connectivity index (χ1n) is 6.95. The maximum Gasteiger partial charge on any atom is 0.265 e. The van der Waals surface area contributed by atoms with Crippen LogP contribution < -0.4 is 5.32 Å². The number of hydrogen-bond acceptors (Lipinski definition) is 4. The molecular formula is C17H15NO3S2. The van der Waals surface area contributed by atoms with Gasteiger partial charge in [-0.05, 0) is 48.2 Å². The zero-order valence-electron chi connectivity index (χ0n) is 12.7. The zero-order valence-corrected chi connectivity index (χ0v) is 14.3. The molecule has 118 valence electrons. The van der Waals surface area contributed by atoms with E-state index in [0.717, 1.165) is 16.3 Å². The van der Waals surface area contributed by atoms with Crippen LogP contribution in [0.4, 0.5) is 5.69 Å². The van der Waals surface area contributed by atoms with E-state index in [1.54, 1.807) is 19.1 Å². The molecule has 0 radical (unpaired) electrons. The molecule has 0 aliphatic carbocycles. The zero-order chi connectivity index (χ0) is 16.6. The van der Waals surface area contributed by atoms with Crippen LogP contribution in [-0.4, -0.2) is 20.6 Å². The van der Waals surface area contributed by atoms with Crippen LogP contribution in [0.15, 0.2) is 53.4 Å². The van der Waals surface area contributed by atoms with Crippen LogP contribution in [-0.2, 0) is 9.84 Å². The highest BCUT2D eigenvalue weighted by Crippen LogP contribution is 2.27. The van der Waals surface area contributed by atoms with Crippen LogP contribution in [0, 0.1) is 6.92 Å². The highest BCUT2D eigenvalue weighted by Gasteiger charge is 2.13. The van der Waals surface area contributed by atoms with E-state index >= 15 is 0 Å². The van der Waals surface area contributed by atoms with E-state index in [-0.39, 0.29) is 10.8 Å². The number of carbonyl (C=O) groups is 1. The lowest BCUT2D eigenvalue weighted by atomic mass is 10.2. The van der Waals surface area contributed by atoms with Gasteiger partial charge in [-0.2, -0.15) is 0 Å².